The number of hydrogen-bond donors (Lipinski definition) is 1. The number of nitrogens with two attached hydrogens (primary N) is 1. The fraction of sp³-hybridized carbons (Fsp3) is 0.600. The van der Waals surface area contributed by atoms with E-state index in [4.69, 9.17) is 5.73 Å². The van der Waals surface area contributed by atoms with E-state index in [9.17, 15) is 0 Å². The highest BCUT2D eigenvalue weighted by Gasteiger charge is 2.02. The van der Waals surface area contributed by atoms with E-state index in [2.05, 4.69) is 30.3 Å². The van der Waals surface area contributed by atoms with Crippen LogP contribution in [-0.2, 0) is 13.1 Å². The molecule has 80 valence electrons. The molecule has 2 N–H and O–H groups in total. The summed E-state index contributed by atoms with van der Waals surface area (Å²) in [6.45, 7) is 2.86. The summed E-state index contributed by atoms with van der Waals surface area (Å²) in [6.07, 6.45) is 2.14. The minimum atomic E-state index is 0.666. The third-order valence-electron chi connectivity index (χ3n) is 2.02. The van der Waals surface area contributed by atoms with E-state index in [1.807, 2.05) is 23.1 Å². The van der Waals surface area contributed by atoms with E-state index < -0.39 is 0 Å². The maximum atomic E-state index is 5.57. The van der Waals surface area contributed by atoms with Crippen LogP contribution in [0.1, 0.15) is 9.75 Å². The Labute approximate surface area is 94.5 Å². The highest BCUT2D eigenvalue weighted by atomic mass is 32.2. The van der Waals surface area contributed by atoms with Crippen molar-refractivity contribution in [3.8, 4) is 0 Å². The second-order valence-electron chi connectivity index (χ2n) is 3.30. The predicted molar refractivity (Wildman–Crippen MR) is 66.9 cm³/mol. The fourth-order valence-corrected chi connectivity index (χ4v) is 2.68. The van der Waals surface area contributed by atoms with E-state index >= 15 is 0 Å². The van der Waals surface area contributed by atoms with Crippen molar-refractivity contribution in [1.29, 1.82) is 0 Å². The molecule has 1 heterocycles. The van der Waals surface area contributed by atoms with Crippen molar-refractivity contribution in [2.45, 2.75) is 13.1 Å². The monoisotopic (exact) mass is 230 g/mol. The third kappa shape index (κ3) is 4.00. The summed E-state index contributed by atoms with van der Waals surface area (Å²) >= 11 is 3.71. The van der Waals surface area contributed by atoms with Gasteiger partial charge in [-0.3, -0.25) is 0 Å². The lowest BCUT2D eigenvalue weighted by atomic mass is 10.4. The van der Waals surface area contributed by atoms with Gasteiger partial charge in [-0.2, -0.15) is 11.8 Å². The molecule has 0 radical (unpaired) electrons. The molecule has 0 unspecified atom stereocenters. The van der Waals surface area contributed by atoms with Gasteiger partial charge in [-0.1, -0.05) is 0 Å². The molecular formula is C10H18N2S2. The molecule has 0 atom stereocenters. The molecule has 0 spiro atoms. The topological polar surface area (TPSA) is 29.3 Å². The van der Waals surface area contributed by atoms with Gasteiger partial charge < -0.3 is 10.6 Å². The zero-order valence-corrected chi connectivity index (χ0v) is 10.5. The first kappa shape index (κ1) is 12.0. The Morgan fingerprint density at radius 2 is 2.14 bits per heavy atom. The Hall–Kier alpha value is -0.0300. The van der Waals surface area contributed by atoms with E-state index in [1.165, 1.54) is 15.5 Å². The Morgan fingerprint density at radius 1 is 1.43 bits per heavy atom. The molecule has 0 aliphatic carbocycles. The summed E-state index contributed by atoms with van der Waals surface area (Å²) in [4.78, 5) is 5.04. The largest absolute Gasteiger partial charge is 0.326 e. The van der Waals surface area contributed by atoms with Gasteiger partial charge in [0.2, 0.25) is 0 Å². The first-order valence-electron chi connectivity index (χ1n) is 4.71. The zero-order valence-electron chi connectivity index (χ0n) is 8.82. The lowest BCUT2D eigenvalue weighted by Crippen LogP contribution is -2.19. The zero-order chi connectivity index (χ0) is 10.4. The SMILES string of the molecule is CSCCN(C)Cc1ccc(CN)s1. The van der Waals surface area contributed by atoms with Crippen LogP contribution >= 0.6 is 23.1 Å². The summed E-state index contributed by atoms with van der Waals surface area (Å²) in [5.74, 6) is 1.20. The van der Waals surface area contributed by atoms with Gasteiger partial charge >= 0.3 is 0 Å². The molecule has 1 aromatic heterocycles. The van der Waals surface area contributed by atoms with Gasteiger partial charge in [-0.05, 0) is 25.4 Å². The van der Waals surface area contributed by atoms with E-state index in [0.29, 0.717) is 6.54 Å². The average Bonchev–Trinajstić information content (AvgIpc) is 2.62. The maximum Gasteiger partial charge on any atom is 0.0325 e. The quantitative estimate of drug-likeness (QED) is 0.810. The van der Waals surface area contributed by atoms with Crippen molar-refractivity contribution in [1.82, 2.24) is 4.90 Å². The van der Waals surface area contributed by atoms with Crippen LogP contribution in [0.25, 0.3) is 0 Å². The molecule has 0 saturated carbocycles. The summed E-state index contributed by atoms with van der Waals surface area (Å²) in [5.41, 5.74) is 5.57. The number of thioether (sulfide) groups is 1. The van der Waals surface area contributed by atoms with Gasteiger partial charge in [0, 0.05) is 35.1 Å². The van der Waals surface area contributed by atoms with Crippen molar-refractivity contribution in [2.75, 3.05) is 25.6 Å². The number of hydrogen-bond acceptors (Lipinski definition) is 4. The molecule has 0 saturated heterocycles. The van der Waals surface area contributed by atoms with Crippen LogP contribution in [0.4, 0.5) is 0 Å². The van der Waals surface area contributed by atoms with Gasteiger partial charge in [-0.25, -0.2) is 0 Å². The van der Waals surface area contributed by atoms with Crippen LogP contribution in [0.2, 0.25) is 0 Å². The van der Waals surface area contributed by atoms with E-state index in [-0.39, 0.29) is 0 Å². The molecule has 0 aliphatic rings. The molecule has 0 aliphatic heterocycles. The number of rotatable bonds is 6. The van der Waals surface area contributed by atoms with Crippen LogP contribution in [0.15, 0.2) is 12.1 Å². The van der Waals surface area contributed by atoms with Gasteiger partial charge in [-0.15, -0.1) is 11.3 Å². The molecule has 0 aromatic carbocycles. The van der Waals surface area contributed by atoms with Crippen molar-refractivity contribution in [3.63, 3.8) is 0 Å². The fourth-order valence-electron chi connectivity index (χ4n) is 1.21. The maximum absolute atomic E-state index is 5.57. The van der Waals surface area contributed by atoms with Crippen molar-refractivity contribution >= 4 is 23.1 Å². The lowest BCUT2D eigenvalue weighted by Gasteiger charge is -2.14. The van der Waals surface area contributed by atoms with E-state index in [0.717, 1.165) is 13.1 Å². The Morgan fingerprint density at radius 3 is 2.71 bits per heavy atom. The predicted octanol–water partition coefficient (Wildman–Crippen LogP) is 2.00. The minimum absolute atomic E-state index is 0.666. The molecule has 2 nitrogen and oxygen atoms in total. The molecule has 14 heavy (non-hydrogen) atoms. The van der Waals surface area contributed by atoms with Gasteiger partial charge in [0.25, 0.3) is 0 Å². The first-order chi connectivity index (χ1) is 6.76. The van der Waals surface area contributed by atoms with E-state index in [1.54, 1.807) is 0 Å². The van der Waals surface area contributed by atoms with Crippen LogP contribution < -0.4 is 5.73 Å². The molecule has 0 bridgehead atoms. The summed E-state index contributed by atoms with van der Waals surface area (Å²) in [5, 5.41) is 0. The van der Waals surface area contributed by atoms with Crippen LogP contribution in [0, 0.1) is 0 Å². The van der Waals surface area contributed by atoms with Crippen molar-refractivity contribution in [2.24, 2.45) is 5.73 Å². The molecule has 1 aromatic rings. The summed E-state index contributed by atoms with van der Waals surface area (Å²) in [7, 11) is 2.16. The first-order valence-corrected chi connectivity index (χ1v) is 6.92. The summed E-state index contributed by atoms with van der Waals surface area (Å²) < 4.78 is 0. The smallest absolute Gasteiger partial charge is 0.0325 e. The normalized spacial score (nSPS) is 11.1. The third-order valence-corrected chi connectivity index (χ3v) is 3.70. The highest BCUT2D eigenvalue weighted by molar-refractivity contribution is 7.98. The summed E-state index contributed by atoms with van der Waals surface area (Å²) in [6, 6.07) is 4.31. The number of thiophene rings is 1. The van der Waals surface area contributed by atoms with Crippen LogP contribution in [0.3, 0.4) is 0 Å². The average molecular weight is 230 g/mol. The molecule has 1 rings (SSSR count). The van der Waals surface area contributed by atoms with Crippen molar-refractivity contribution in [3.05, 3.63) is 21.9 Å². The molecule has 4 heteroatoms. The molecule has 0 amide bonds. The Bertz CT molecular complexity index is 260. The van der Waals surface area contributed by atoms with Crippen LogP contribution in [0.5, 0.6) is 0 Å². The minimum Gasteiger partial charge on any atom is -0.326 e. The second-order valence-corrected chi connectivity index (χ2v) is 5.54. The van der Waals surface area contributed by atoms with Gasteiger partial charge in [0.15, 0.2) is 0 Å². The van der Waals surface area contributed by atoms with Crippen LogP contribution in [-0.4, -0.2) is 30.5 Å². The second kappa shape index (κ2) is 6.45. The highest BCUT2D eigenvalue weighted by Crippen LogP contribution is 2.17. The van der Waals surface area contributed by atoms with Gasteiger partial charge in [0.1, 0.15) is 0 Å². The molecular weight excluding hydrogens is 212 g/mol. The standard InChI is InChI=1S/C10H18N2S2/c1-12(5-6-13-2)8-10-4-3-9(7-11)14-10/h3-4H,5-8,11H2,1-2H3. The Kier molecular flexibility index (Phi) is 5.55. The molecule has 0 fully saturated rings. The number of nitrogens with zero attached hydrogens (tertiary/aromatic N) is 1. The Balaban J connectivity index is 2.35. The van der Waals surface area contributed by atoms with Gasteiger partial charge in [0.05, 0.1) is 0 Å². The van der Waals surface area contributed by atoms with Crippen molar-refractivity contribution < 1.29 is 0 Å². The lowest BCUT2D eigenvalue weighted by molar-refractivity contribution is 0.352.